The lowest BCUT2D eigenvalue weighted by Crippen LogP contribution is -2.18. The number of carbonyl (C=O) groups excluding carboxylic acids is 1. The summed E-state index contributed by atoms with van der Waals surface area (Å²) in [6.45, 7) is 2.63. The summed E-state index contributed by atoms with van der Waals surface area (Å²) in [5.74, 6) is 0.886. The van der Waals surface area contributed by atoms with Gasteiger partial charge in [-0.2, -0.15) is 0 Å². The van der Waals surface area contributed by atoms with Gasteiger partial charge in [-0.3, -0.25) is 5.32 Å². The number of primary amides is 1. The second-order valence-electron chi connectivity index (χ2n) is 4.71. The van der Waals surface area contributed by atoms with Crippen molar-refractivity contribution in [2.45, 2.75) is 19.8 Å². The summed E-state index contributed by atoms with van der Waals surface area (Å²) in [5.41, 5.74) is 8.98. The van der Waals surface area contributed by atoms with Crippen LogP contribution in [-0.4, -0.2) is 12.6 Å². The Bertz CT molecular complexity index is 664. The predicted molar refractivity (Wildman–Crippen MR) is 81.5 cm³/mol. The molecule has 3 N–H and O–H groups in total. The highest BCUT2D eigenvalue weighted by Gasteiger charge is 2.20. The van der Waals surface area contributed by atoms with Gasteiger partial charge in [0.25, 0.3) is 0 Å². The number of urea groups is 1. The number of benzene rings is 1. The van der Waals surface area contributed by atoms with Crippen molar-refractivity contribution in [1.82, 2.24) is 0 Å². The Kier molecular flexibility index (Phi) is 3.36. The summed E-state index contributed by atoms with van der Waals surface area (Å²) in [6.07, 6.45) is 2.01. The number of hydrogen-bond acceptors (Lipinski definition) is 3. The third-order valence-corrected chi connectivity index (χ3v) is 4.48. The molecule has 1 aliphatic carbocycles. The lowest BCUT2D eigenvalue weighted by molar-refractivity contribution is 0.259. The number of nitrogens with two attached hydrogens (primary N) is 1. The lowest BCUT2D eigenvalue weighted by Gasteiger charge is -2.17. The van der Waals surface area contributed by atoms with Crippen molar-refractivity contribution < 1.29 is 9.53 Å². The molecule has 0 bridgehead atoms. The van der Waals surface area contributed by atoms with Gasteiger partial charge in [-0.25, -0.2) is 4.79 Å². The number of carbonyl (C=O) groups is 1. The van der Waals surface area contributed by atoms with Crippen molar-refractivity contribution in [1.29, 1.82) is 0 Å². The summed E-state index contributed by atoms with van der Waals surface area (Å²) in [6, 6.07) is 7.72. The van der Waals surface area contributed by atoms with Gasteiger partial charge < -0.3 is 10.5 Å². The molecule has 0 unspecified atom stereocenters. The van der Waals surface area contributed by atoms with Gasteiger partial charge in [0.1, 0.15) is 5.75 Å². The van der Waals surface area contributed by atoms with Crippen molar-refractivity contribution in [3.8, 4) is 16.2 Å². The third-order valence-electron chi connectivity index (χ3n) is 3.36. The molecule has 0 saturated carbocycles. The van der Waals surface area contributed by atoms with Gasteiger partial charge in [0.05, 0.1) is 11.6 Å². The van der Waals surface area contributed by atoms with E-state index in [0.29, 0.717) is 6.61 Å². The minimum absolute atomic E-state index is 0.521. The van der Waals surface area contributed by atoms with E-state index in [4.69, 9.17) is 10.5 Å². The fraction of sp³-hybridized carbons (Fsp3) is 0.267. The monoisotopic (exact) mass is 288 g/mol. The van der Waals surface area contributed by atoms with Gasteiger partial charge in [0.15, 0.2) is 0 Å². The van der Waals surface area contributed by atoms with Gasteiger partial charge in [0.2, 0.25) is 0 Å². The number of aryl methyl sites for hydroxylation is 2. The number of anilines is 1. The Balaban J connectivity index is 2.02. The highest BCUT2D eigenvalue weighted by Crippen LogP contribution is 2.42. The zero-order valence-electron chi connectivity index (χ0n) is 11.2. The predicted octanol–water partition coefficient (Wildman–Crippen LogP) is 3.40. The number of thiophene rings is 1. The highest BCUT2D eigenvalue weighted by molar-refractivity contribution is 7.19. The van der Waals surface area contributed by atoms with Crippen LogP contribution in [-0.2, 0) is 12.8 Å². The maximum atomic E-state index is 11.0. The summed E-state index contributed by atoms with van der Waals surface area (Å²) >= 11 is 1.57. The summed E-state index contributed by atoms with van der Waals surface area (Å²) < 4.78 is 5.57. The van der Waals surface area contributed by atoms with Crippen LogP contribution in [0, 0.1) is 0 Å². The first-order chi connectivity index (χ1) is 9.67. The first kappa shape index (κ1) is 13.0. The van der Waals surface area contributed by atoms with Gasteiger partial charge in [-0.15, -0.1) is 11.3 Å². The number of fused-ring (bicyclic) bond motifs is 3. The molecule has 0 fully saturated rings. The second-order valence-corrected chi connectivity index (χ2v) is 5.76. The van der Waals surface area contributed by atoms with E-state index in [1.165, 1.54) is 21.6 Å². The lowest BCUT2D eigenvalue weighted by atomic mass is 9.91. The van der Waals surface area contributed by atoms with E-state index in [-0.39, 0.29) is 0 Å². The molecule has 0 spiro atoms. The van der Waals surface area contributed by atoms with Gasteiger partial charge >= 0.3 is 6.03 Å². The van der Waals surface area contributed by atoms with E-state index in [1.54, 1.807) is 11.3 Å². The minimum Gasteiger partial charge on any atom is -0.494 e. The molecule has 1 aliphatic rings. The largest absolute Gasteiger partial charge is 0.494 e. The number of ether oxygens (including phenoxy) is 1. The molecular formula is C15H16N2O2S. The topological polar surface area (TPSA) is 64.3 Å². The molecule has 4 nitrogen and oxygen atoms in total. The molecule has 0 aliphatic heterocycles. The average molecular weight is 288 g/mol. The van der Waals surface area contributed by atoms with Gasteiger partial charge in [0, 0.05) is 4.88 Å². The van der Waals surface area contributed by atoms with Crippen molar-refractivity contribution in [2.24, 2.45) is 5.73 Å². The average Bonchev–Trinajstić information content (AvgIpc) is 2.81. The summed E-state index contributed by atoms with van der Waals surface area (Å²) in [7, 11) is 0. The molecule has 3 rings (SSSR count). The van der Waals surface area contributed by atoms with Gasteiger partial charge in [-0.05, 0) is 54.7 Å². The van der Waals surface area contributed by atoms with E-state index < -0.39 is 6.03 Å². The highest BCUT2D eigenvalue weighted by atomic mass is 32.1. The maximum Gasteiger partial charge on any atom is 0.317 e. The standard InChI is InChI=1S/C15H16N2O2S/c1-2-19-11-6-5-9-3-4-10-7-13(17-15(16)18)20-14(10)12(9)8-11/h5-8H,2-4H2,1H3,(H3,16,17,18). The third kappa shape index (κ3) is 2.36. The molecule has 20 heavy (non-hydrogen) atoms. The Morgan fingerprint density at radius 2 is 2.15 bits per heavy atom. The molecule has 0 atom stereocenters. The van der Waals surface area contributed by atoms with E-state index >= 15 is 0 Å². The molecular weight excluding hydrogens is 272 g/mol. The van der Waals surface area contributed by atoms with Crippen LogP contribution in [0.25, 0.3) is 10.4 Å². The molecule has 2 amide bonds. The van der Waals surface area contributed by atoms with E-state index in [2.05, 4.69) is 17.4 Å². The second kappa shape index (κ2) is 5.17. The zero-order chi connectivity index (χ0) is 14.1. The number of amides is 2. The van der Waals surface area contributed by atoms with Crippen molar-refractivity contribution in [3.63, 3.8) is 0 Å². The first-order valence-electron chi connectivity index (χ1n) is 6.62. The van der Waals surface area contributed by atoms with Crippen LogP contribution in [0.1, 0.15) is 18.1 Å². The Labute approximate surface area is 121 Å². The summed E-state index contributed by atoms with van der Waals surface area (Å²) in [5, 5.41) is 3.46. The van der Waals surface area contributed by atoms with Gasteiger partial charge in [-0.1, -0.05) is 6.07 Å². The molecule has 0 radical (unpaired) electrons. The molecule has 104 valence electrons. The molecule has 5 heteroatoms. The number of nitrogens with one attached hydrogen (secondary N) is 1. The molecule has 2 aromatic rings. The van der Waals surface area contributed by atoms with Crippen LogP contribution in [0.15, 0.2) is 24.3 Å². The molecule has 0 saturated heterocycles. The van der Waals surface area contributed by atoms with Crippen LogP contribution >= 0.6 is 11.3 Å². The fourth-order valence-corrected chi connectivity index (χ4v) is 3.70. The Hall–Kier alpha value is -2.01. The fourth-order valence-electron chi connectivity index (χ4n) is 2.54. The van der Waals surface area contributed by atoms with E-state index in [0.717, 1.165) is 23.6 Å². The molecule has 1 aromatic heterocycles. The smallest absolute Gasteiger partial charge is 0.317 e. The van der Waals surface area contributed by atoms with Crippen LogP contribution < -0.4 is 15.8 Å². The van der Waals surface area contributed by atoms with Crippen molar-refractivity contribution in [2.75, 3.05) is 11.9 Å². The number of hydrogen-bond donors (Lipinski definition) is 2. The normalized spacial score (nSPS) is 12.4. The molecule has 1 heterocycles. The molecule has 1 aromatic carbocycles. The van der Waals surface area contributed by atoms with Crippen LogP contribution in [0.5, 0.6) is 5.75 Å². The SMILES string of the molecule is CCOc1ccc2c(c1)-c1sc(NC(N)=O)cc1CC2. The van der Waals surface area contributed by atoms with Crippen LogP contribution in [0.3, 0.4) is 0 Å². The minimum atomic E-state index is -0.521. The maximum absolute atomic E-state index is 11.0. The first-order valence-corrected chi connectivity index (χ1v) is 7.44. The van der Waals surface area contributed by atoms with Crippen molar-refractivity contribution >= 4 is 22.4 Å². The number of rotatable bonds is 3. The summed E-state index contributed by atoms with van der Waals surface area (Å²) in [4.78, 5) is 12.2. The Morgan fingerprint density at radius 3 is 2.90 bits per heavy atom. The van der Waals surface area contributed by atoms with Crippen LogP contribution in [0.4, 0.5) is 9.80 Å². The van der Waals surface area contributed by atoms with Crippen LogP contribution in [0.2, 0.25) is 0 Å². The van der Waals surface area contributed by atoms with E-state index in [9.17, 15) is 4.79 Å². The van der Waals surface area contributed by atoms with Crippen molar-refractivity contribution in [3.05, 3.63) is 35.4 Å². The quantitative estimate of drug-likeness (QED) is 0.909. The van der Waals surface area contributed by atoms with E-state index in [1.807, 2.05) is 19.1 Å². The zero-order valence-corrected chi connectivity index (χ0v) is 12.0. The Morgan fingerprint density at radius 1 is 1.35 bits per heavy atom.